The first-order chi connectivity index (χ1) is 10.2. The summed E-state index contributed by atoms with van der Waals surface area (Å²) in [6.45, 7) is 1.58. The van der Waals surface area contributed by atoms with Crippen LogP contribution in [0.15, 0.2) is 40.2 Å². The molecule has 2 N–H and O–H groups in total. The Morgan fingerprint density at radius 1 is 1.38 bits per heavy atom. The van der Waals surface area contributed by atoms with Crippen LogP contribution in [0.3, 0.4) is 0 Å². The fraction of sp³-hybridized carbons (Fsp3) is 0.375. The van der Waals surface area contributed by atoms with Gasteiger partial charge in [-0.2, -0.15) is 0 Å². The molecule has 0 spiro atoms. The fourth-order valence-electron chi connectivity index (χ4n) is 2.67. The van der Waals surface area contributed by atoms with Gasteiger partial charge in [-0.3, -0.25) is 4.90 Å². The van der Waals surface area contributed by atoms with Crippen LogP contribution in [0.2, 0.25) is 5.02 Å². The van der Waals surface area contributed by atoms with Gasteiger partial charge in [0.2, 0.25) is 0 Å². The van der Waals surface area contributed by atoms with Crippen LogP contribution >= 0.6 is 38.9 Å². The van der Waals surface area contributed by atoms with E-state index in [0.29, 0.717) is 12.6 Å². The van der Waals surface area contributed by atoms with Gasteiger partial charge >= 0.3 is 0 Å². The van der Waals surface area contributed by atoms with E-state index in [-0.39, 0.29) is 6.04 Å². The molecule has 1 heterocycles. The molecule has 1 aliphatic rings. The zero-order valence-electron chi connectivity index (χ0n) is 11.6. The molecule has 1 aromatic heterocycles. The number of hydrogen-bond donors (Lipinski definition) is 1. The molecule has 1 aromatic carbocycles. The van der Waals surface area contributed by atoms with E-state index in [1.54, 1.807) is 0 Å². The monoisotopic (exact) mass is 384 g/mol. The van der Waals surface area contributed by atoms with Gasteiger partial charge in [0.15, 0.2) is 0 Å². The summed E-state index contributed by atoms with van der Waals surface area (Å²) in [7, 11) is 0. The highest BCUT2D eigenvalue weighted by molar-refractivity contribution is 9.10. The lowest BCUT2D eigenvalue weighted by Crippen LogP contribution is -2.34. The molecule has 1 unspecified atom stereocenters. The largest absolute Gasteiger partial charge is 0.329 e. The lowest BCUT2D eigenvalue weighted by molar-refractivity contribution is 0.183. The average Bonchev–Trinajstić information content (AvgIpc) is 3.20. The maximum absolute atomic E-state index is 6.25. The van der Waals surface area contributed by atoms with Gasteiger partial charge in [-0.05, 0) is 57.9 Å². The van der Waals surface area contributed by atoms with E-state index in [2.05, 4.69) is 44.4 Å². The predicted octanol–water partition coefficient (Wildman–Crippen LogP) is 4.83. The lowest BCUT2D eigenvalue weighted by Gasteiger charge is -2.31. The molecular formula is C16H18BrClN2S. The molecule has 21 heavy (non-hydrogen) atoms. The van der Waals surface area contributed by atoms with Crippen molar-refractivity contribution in [3.05, 3.63) is 55.6 Å². The number of thiophene rings is 1. The first-order valence-electron chi connectivity index (χ1n) is 7.12. The molecule has 0 saturated heterocycles. The number of halogens is 2. The SMILES string of the molecule is NCC(c1ccc(Br)c(Cl)c1)N(Cc1cccs1)C1CC1. The minimum atomic E-state index is 0.227. The van der Waals surface area contributed by atoms with Crippen molar-refractivity contribution in [3.63, 3.8) is 0 Å². The van der Waals surface area contributed by atoms with Crippen molar-refractivity contribution in [1.82, 2.24) is 4.90 Å². The first-order valence-corrected chi connectivity index (χ1v) is 9.17. The van der Waals surface area contributed by atoms with Crippen molar-refractivity contribution < 1.29 is 0 Å². The number of hydrogen-bond acceptors (Lipinski definition) is 3. The Labute approximate surface area is 143 Å². The number of rotatable bonds is 6. The summed E-state index contributed by atoms with van der Waals surface area (Å²) in [6.07, 6.45) is 2.54. The topological polar surface area (TPSA) is 29.3 Å². The molecule has 1 atom stereocenters. The molecule has 5 heteroatoms. The Morgan fingerprint density at radius 3 is 2.76 bits per heavy atom. The maximum Gasteiger partial charge on any atom is 0.0551 e. The molecule has 1 aliphatic carbocycles. The van der Waals surface area contributed by atoms with E-state index in [9.17, 15) is 0 Å². The van der Waals surface area contributed by atoms with Gasteiger partial charge in [0, 0.05) is 34.5 Å². The van der Waals surface area contributed by atoms with E-state index >= 15 is 0 Å². The molecular weight excluding hydrogens is 368 g/mol. The van der Waals surface area contributed by atoms with Crippen LogP contribution in [0.4, 0.5) is 0 Å². The van der Waals surface area contributed by atoms with Crippen LogP contribution < -0.4 is 5.73 Å². The Morgan fingerprint density at radius 2 is 2.19 bits per heavy atom. The van der Waals surface area contributed by atoms with Crippen molar-refractivity contribution in [3.8, 4) is 0 Å². The number of benzene rings is 1. The van der Waals surface area contributed by atoms with Gasteiger partial charge in [-0.15, -0.1) is 11.3 Å². The van der Waals surface area contributed by atoms with Crippen molar-refractivity contribution in [2.24, 2.45) is 5.73 Å². The Bertz CT molecular complexity index is 598. The highest BCUT2D eigenvalue weighted by Gasteiger charge is 2.34. The highest BCUT2D eigenvalue weighted by atomic mass is 79.9. The first kappa shape index (κ1) is 15.5. The molecule has 0 bridgehead atoms. The third kappa shape index (κ3) is 3.69. The summed E-state index contributed by atoms with van der Waals surface area (Å²) >= 11 is 11.5. The van der Waals surface area contributed by atoms with E-state index in [1.807, 2.05) is 23.5 Å². The molecule has 3 rings (SSSR count). The minimum absolute atomic E-state index is 0.227. The number of nitrogens with two attached hydrogens (primary N) is 1. The minimum Gasteiger partial charge on any atom is -0.329 e. The summed E-state index contributed by atoms with van der Waals surface area (Å²) in [4.78, 5) is 3.93. The second kappa shape index (κ2) is 6.80. The van der Waals surface area contributed by atoms with Crippen molar-refractivity contribution in [1.29, 1.82) is 0 Å². The molecule has 1 saturated carbocycles. The van der Waals surface area contributed by atoms with E-state index in [4.69, 9.17) is 17.3 Å². The molecule has 0 radical (unpaired) electrons. The van der Waals surface area contributed by atoms with Crippen molar-refractivity contribution >= 4 is 38.9 Å². The highest BCUT2D eigenvalue weighted by Crippen LogP contribution is 2.37. The van der Waals surface area contributed by atoms with Gasteiger partial charge in [0.1, 0.15) is 0 Å². The van der Waals surface area contributed by atoms with Gasteiger partial charge in [0.25, 0.3) is 0 Å². The van der Waals surface area contributed by atoms with E-state index in [1.165, 1.54) is 23.3 Å². The zero-order valence-corrected chi connectivity index (χ0v) is 14.8. The zero-order chi connectivity index (χ0) is 14.8. The summed E-state index contributed by atoms with van der Waals surface area (Å²) in [5.74, 6) is 0. The predicted molar refractivity (Wildman–Crippen MR) is 93.8 cm³/mol. The fourth-order valence-corrected chi connectivity index (χ4v) is 3.81. The second-order valence-corrected chi connectivity index (χ2v) is 7.70. The van der Waals surface area contributed by atoms with E-state index in [0.717, 1.165) is 16.0 Å². The van der Waals surface area contributed by atoms with Crippen LogP contribution in [-0.4, -0.2) is 17.5 Å². The number of nitrogens with zero attached hydrogens (tertiary/aromatic N) is 1. The van der Waals surface area contributed by atoms with Crippen LogP contribution in [-0.2, 0) is 6.54 Å². The quantitative estimate of drug-likeness (QED) is 0.771. The van der Waals surface area contributed by atoms with Crippen LogP contribution in [0.25, 0.3) is 0 Å². The maximum atomic E-state index is 6.25. The van der Waals surface area contributed by atoms with Crippen molar-refractivity contribution in [2.45, 2.75) is 31.5 Å². The van der Waals surface area contributed by atoms with Gasteiger partial charge < -0.3 is 5.73 Å². The molecule has 0 amide bonds. The Hall–Kier alpha value is -0.390. The lowest BCUT2D eigenvalue weighted by atomic mass is 10.0. The molecule has 2 aromatic rings. The van der Waals surface area contributed by atoms with Gasteiger partial charge in [-0.1, -0.05) is 23.7 Å². The Kier molecular flexibility index (Phi) is 5.02. The normalized spacial score (nSPS) is 16.4. The third-order valence-electron chi connectivity index (χ3n) is 3.89. The van der Waals surface area contributed by atoms with Crippen LogP contribution in [0, 0.1) is 0 Å². The summed E-state index contributed by atoms with van der Waals surface area (Å²) in [6, 6.07) is 11.4. The van der Waals surface area contributed by atoms with Gasteiger partial charge in [0.05, 0.1) is 5.02 Å². The second-order valence-electron chi connectivity index (χ2n) is 5.41. The molecule has 112 valence electrons. The third-order valence-corrected chi connectivity index (χ3v) is 5.98. The molecule has 1 fully saturated rings. The standard InChI is InChI=1S/C16H18BrClN2S/c17-14-6-3-11(8-15(14)18)16(9-19)20(12-4-5-12)10-13-2-1-7-21-13/h1-3,6-8,12,16H,4-5,9-10,19H2. The smallest absolute Gasteiger partial charge is 0.0551 e. The average molecular weight is 386 g/mol. The van der Waals surface area contributed by atoms with E-state index < -0.39 is 0 Å². The Balaban J connectivity index is 1.86. The summed E-state index contributed by atoms with van der Waals surface area (Å²) in [5, 5.41) is 2.88. The summed E-state index contributed by atoms with van der Waals surface area (Å²) < 4.78 is 0.930. The van der Waals surface area contributed by atoms with Crippen LogP contribution in [0.1, 0.15) is 29.3 Å². The summed E-state index contributed by atoms with van der Waals surface area (Å²) in [5.41, 5.74) is 7.30. The van der Waals surface area contributed by atoms with Crippen LogP contribution in [0.5, 0.6) is 0 Å². The molecule has 2 nitrogen and oxygen atoms in total. The van der Waals surface area contributed by atoms with Crippen molar-refractivity contribution in [2.75, 3.05) is 6.54 Å². The molecule has 0 aliphatic heterocycles. The van der Waals surface area contributed by atoms with Gasteiger partial charge in [-0.25, -0.2) is 0 Å².